The number of carbonyl (C=O) groups is 2. The van der Waals surface area contributed by atoms with E-state index in [9.17, 15) is 14.0 Å². The molecule has 0 heterocycles. The van der Waals surface area contributed by atoms with E-state index in [0.29, 0.717) is 12.2 Å². The summed E-state index contributed by atoms with van der Waals surface area (Å²) in [6.07, 6.45) is 2.04. The Morgan fingerprint density at radius 3 is 2.30 bits per heavy atom. The molecule has 1 N–H and O–H groups in total. The van der Waals surface area contributed by atoms with Gasteiger partial charge in [0.2, 0.25) is 11.8 Å². The van der Waals surface area contributed by atoms with Crippen LogP contribution >= 0.6 is 0 Å². The van der Waals surface area contributed by atoms with Crippen molar-refractivity contribution >= 4 is 23.2 Å². The van der Waals surface area contributed by atoms with Crippen LogP contribution in [0.1, 0.15) is 24.0 Å². The van der Waals surface area contributed by atoms with E-state index in [2.05, 4.69) is 5.32 Å². The molecule has 1 aliphatic carbocycles. The lowest BCUT2D eigenvalue weighted by Crippen LogP contribution is -2.31. The van der Waals surface area contributed by atoms with Gasteiger partial charge in [-0.15, -0.1) is 0 Å². The predicted octanol–water partition coefficient (Wildman–Crippen LogP) is 4.95. The number of nitrogens with one attached hydrogen (secondary N) is 1. The number of nitrogens with zero attached hydrogens (tertiary/aromatic N) is 1. The van der Waals surface area contributed by atoms with Gasteiger partial charge in [-0.2, -0.15) is 0 Å². The van der Waals surface area contributed by atoms with Crippen LogP contribution in [-0.4, -0.2) is 11.8 Å². The summed E-state index contributed by atoms with van der Waals surface area (Å²) in [6, 6.07) is 23.1. The molecule has 0 spiro atoms. The van der Waals surface area contributed by atoms with Gasteiger partial charge in [0, 0.05) is 17.3 Å². The minimum Gasteiger partial charge on any atom is -0.326 e. The normalized spacial score (nSPS) is 13.0. The number of benzene rings is 3. The number of amides is 2. The maximum atomic E-state index is 13.0. The third-order valence-electron chi connectivity index (χ3n) is 5.09. The van der Waals surface area contributed by atoms with Crippen LogP contribution in [0.5, 0.6) is 0 Å². The summed E-state index contributed by atoms with van der Waals surface area (Å²) >= 11 is 0. The monoisotopic (exact) mass is 402 g/mol. The van der Waals surface area contributed by atoms with Crippen molar-refractivity contribution in [2.75, 3.05) is 10.2 Å². The largest absolute Gasteiger partial charge is 0.326 e. The van der Waals surface area contributed by atoms with Gasteiger partial charge in [-0.05, 0) is 60.4 Å². The van der Waals surface area contributed by atoms with Crippen LogP contribution < -0.4 is 10.2 Å². The van der Waals surface area contributed by atoms with Gasteiger partial charge in [-0.3, -0.25) is 9.59 Å². The number of hydrogen-bond donors (Lipinski definition) is 1. The van der Waals surface area contributed by atoms with E-state index in [0.717, 1.165) is 29.7 Å². The lowest BCUT2D eigenvalue weighted by atomic mass is 10.1. The Bertz CT molecular complexity index is 1030. The van der Waals surface area contributed by atoms with Crippen molar-refractivity contribution in [3.05, 3.63) is 95.8 Å². The average molecular weight is 402 g/mol. The van der Waals surface area contributed by atoms with Crippen molar-refractivity contribution in [3.63, 3.8) is 0 Å². The molecule has 4 rings (SSSR count). The summed E-state index contributed by atoms with van der Waals surface area (Å²) < 4.78 is 13.0. The molecule has 30 heavy (non-hydrogen) atoms. The zero-order valence-electron chi connectivity index (χ0n) is 16.6. The number of rotatable bonds is 7. The Kier molecular flexibility index (Phi) is 5.89. The molecule has 0 radical (unpaired) electrons. The summed E-state index contributed by atoms with van der Waals surface area (Å²) in [5, 5.41) is 2.77. The van der Waals surface area contributed by atoms with Crippen molar-refractivity contribution in [2.24, 2.45) is 5.92 Å². The van der Waals surface area contributed by atoms with Crippen LogP contribution in [0.4, 0.5) is 15.8 Å². The van der Waals surface area contributed by atoms with E-state index in [1.807, 2.05) is 59.5 Å². The first-order valence-corrected chi connectivity index (χ1v) is 10.1. The predicted molar refractivity (Wildman–Crippen MR) is 116 cm³/mol. The van der Waals surface area contributed by atoms with Gasteiger partial charge in [-0.1, -0.05) is 42.5 Å². The van der Waals surface area contributed by atoms with E-state index in [-0.39, 0.29) is 30.0 Å². The summed E-state index contributed by atoms with van der Waals surface area (Å²) in [4.78, 5) is 27.1. The van der Waals surface area contributed by atoms with Crippen molar-refractivity contribution in [2.45, 2.75) is 25.8 Å². The minimum atomic E-state index is -0.348. The summed E-state index contributed by atoms with van der Waals surface area (Å²) in [6.45, 7) is 0.501. The van der Waals surface area contributed by atoms with Gasteiger partial charge in [0.05, 0.1) is 13.0 Å². The first kappa shape index (κ1) is 19.8. The highest BCUT2D eigenvalue weighted by atomic mass is 19.1. The lowest BCUT2D eigenvalue weighted by molar-refractivity contribution is -0.120. The number of halogens is 1. The van der Waals surface area contributed by atoms with E-state index >= 15 is 0 Å². The van der Waals surface area contributed by atoms with Crippen LogP contribution in [-0.2, 0) is 22.6 Å². The first-order valence-electron chi connectivity index (χ1n) is 10.1. The van der Waals surface area contributed by atoms with E-state index in [4.69, 9.17) is 0 Å². The maximum Gasteiger partial charge on any atom is 0.230 e. The standard InChI is InChI=1S/C25H23FN2O2/c26-21-11-13-22(14-12-21)27-24(29)16-19-7-4-8-23(15-19)28(25(30)20-9-10-20)17-18-5-2-1-3-6-18/h1-8,11-15,20H,9-10,16-17H2,(H,27,29). The van der Waals surface area contributed by atoms with Gasteiger partial charge < -0.3 is 10.2 Å². The smallest absolute Gasteiger partial charge is 0.230 e. The van der Waals surface area contributed by atoms with Crippen molar-refractivity contribution in [3.8, 4) is 0 Å². The number of anilines is 2. The Labute approximate surface area is 175 Å². The fourth-order valence-electron chi connectivity index (χ4n) is 3.37. The Morgan fingerprint density at radius 2 is 1.60 bits per heavy atom. The molecule has 3 aromatic carbocycles. The van der Waals surface area contributed by atoms with E-state index < -0.39 is 0 Å². The third-order valence-corrected chi connectivity index (χ3v) is 5.09. The second kappa shape index (κ2) is 8.91. The second-order valence-electron chi connectivity index (χ2n) is 7.59. The molecule has 0 aromatic heterocycles. The minimum absolute atomic E-state index is 0.0964. The van der Waals surface area contributed by atoms with Gasteiger partial charge in [0.15, 0.2) is 0 Å². The molecule has 1 aliphatic rings. The van der Waals surface area contributed by atoms with E-state index in [1.165, 1.54) is 24.3 Å². The molecule has 1 saturated carbocycles. The molecule has 4 nitrogen and oxygen atoms in total. The molecule has 0 unspecified atom stereocenters. The lowest BCUT2D eigenvalue weighted by Gasteiger charge is -2.24. The topological polar surface area (TPSA) is 49.4 Å². The maximum absolute atomic E-state index is 13.0. The quantitative estimate of drug-likeness (QED) is 0.608. The molecule has 0 saturated heterocycles. The average Bonchev–Trinajstić information content (AvgIpc) is 3.60. The van der Waals surface area contributed by atoms with Gasteiger partial charge >= 0.3 is 0 Å². The molecule has 5 heteroatoms. The van der Waals surface area contributed by atoms with Gasteiger partial charge in [0.25, 0.3) is 0 Å². The zero-order valence-corrected chi connectivity index (χ0v) is 16.6. The Hall–Kier alpha value is -3.47. The molecule has 0 aliphatic heterocycles. The molecular weight excluding hydrogens is 379 g/mol. The highest BCUT2D eigenvalue weighted by Crippen LogP contribution is 2.33. The van der Waals surface area contributed by atoms with Crippen LogP contribution in [0.25, 0.3) is 0 Å². The van der Waals surface area contributed by atoms with Gasteiger partial charge in [0.1, 0.15) is 5.82 Å². The summed E-state index contributed by atoms with van der Waals surface area (Å²) in [5.74, 6) is -0.313. The fourth-order valence-corrected chi connectivity index (χ4v) is 3.37. The van der Waals surface area contributed by atoms with E-state index in [1.54, 1.807) is 0 Å². The van der Waals surface area contributed by atoms with Crippen molar-refractivity contribution < 1.29 is 14.0 Å². The van der Waals surface area contributed by atoms with Crippen LogP contribution in [0.3, 0.4) is 0 Å². The van der Waals surface area contributed by atoms with Crippen LogP contribution in [0.2, 0.25) is 0 Å². The number of hydrogen-bond acceptors (Lipinski definition) is 2. The fraction of sp³-hybridized carbons (Fsp3) is 0.200. The van der Waals surface area contributed by atoms with Crippen molar-refractivity contribution in [1.82, 2.24) is 0 Å². The summed E-state index contributed by atoms with van der Waals surface area (Å²) in [7, 11) is 0. The summed E-state index contributed by atoms with van der Waals surface area (Å²) in [5.41, 5.74) is 3.22. The molecule has 3 aromatic rings. The molecule has 0 atom stereocenters. The molecule has 0 bridgehead atoms. The molecule has 1 fully saturated rings. The van der Waals surface area contributed by atoms with Crippen LogP contribution in [0.15, 0.2) is 78.9 Å². The second-order valence-corrected chi connectivity index (χ2v) is 7.59. The number of carbonyl (C=O) groups excluding carboxylic acids is 2. The van der Waals surface area contributed by atoms with Crippen LogP contribution in [0, 0.1) is 11.7 Å². The first-order chi connectivity index (χ1) is 14.6. The zero-order chi connectivity index (χ0) is 20.9. The Balaban J connectivity index is 1.49. The molecular formula is C25H23FN2O2. The molecule has 2 amide bonds. The Morgan fingerprint density at radius 1 is 0.900 bits per heavy atom. The SMILES string of the molecule is O=C(Cc1cccc(N(Cc2ccccc2)C(=O)C2CC2)c1)Nc1ccc(F)cc1. The molecule has 152 valence electrons. The highest BCUT2D eigenvalue weighted by molar-refractivity contribution is 5.97. The van der Waals surface area contributed by atoms with Crippen molar-refractivity contribution in [1.29, 1.82) is 0 Å². The highest BCUT2D eigenvalue weighted by Gasteiger charge is 2.34. The van der Waals surface area contributed by atoms with Gasteiger partial charge in [-0.25, -0.2) is 4.39 Å². The third kappa shape index (κ3) is 5.11.